The van der Waals surface area contributed by atoms with Crippen molar-refractivity contribution in [1.82, 2.24) is 29.8 Å². The first-order chi connectivity index (χ1) is 15.5. The third kappa shape index (κ3) is 2.94. The van der Waals surface area contributed by atoms with Crippen molar-refractivity contribution in [2.45, 2.75) is 13.3 Å². The Hall–Kier alpha value is -3.53. The summed E-state index contributed by atoms with van der Waals surface area (Å²) in [6, 6.07) is 10.1. The highest BCUT2D eigenvalue weighted by atomic mass is 32.2. The summed E-state index contributed by atoms with van der Waals surface area (Å²) >= 11 is 0. The minimum absolute atomic E-state index is 0.126. The van der Waals surface area contributed by atoms with Gasteiger partial charge in [-0.2, -0.15) is 14.7 Å². The lowest BCUT2D eigenvalue weighted by Crippen LogP contribution is -2.40. The summed E-state index contributed by atoms with van der Waals surface area (Å²) in [6.07, 6.45) is 4.36. The van der Waals surface area contributed by atoms with Crippen molar-refractivity contribution < 1.29 is 8.42 Å². The topological polar surface area (TPSA) is 109 Å². The van der Waals surface area contributed by atoms with Crippen LogP contribution in [0.2, 0.25) is 0 Å². The third-order valence-electron chi connectivity index (χ3n) is 6.09. The molecule has 0 spiro atoms. The molecule has 1 aromatic carbocycles. The van der Waals surface area contributed by atoms with Crippen molar-refractivity contribution in [2.24, 2.45) is 0 Å². The Morgan fingerprint density at radius 2 is 1.94 bits per heavy atom. The van der Waals surface area contributed by atoms with Gasteiger partial charge in [-0.1, -0.05) is 25.1 Å². The molecule has 32 heavy (non-hydrogen) atoms. The average Bonchev–Trinajstić information content (AvgIpc) is 3.42. The van der Waals surface area contributed by atoms with E-state index in [2.05, 4.69) is 26.3 Å². The van der Waals surface area contributed by atoms with Crippen LogP contribution in [-0.4, -0.2) is 62.8 Å². The molecule has 0 saturated carbocycles. The molecule has 1 fully saturated rings. The van der Waals surface area contributed by atoms with Crippen LogP contribution in [-0.2, 0) is 16.3 Å². The van der Waals surface area contributed by atoms with Gasteiger partial charge in [0.25, 0.3) is 0 Å². The number of para-hydroxylation sites is 1. The van der Waals surface area contributed by atoms with Crippen LogP contribution in [0.25, 0.3) is 38.7 Å². The maximum Gasteiger partial charge on any atom is 0.167 e. The van der Waals surface area contributed by atoms with Crippen molar-refractivity contribution in [3.63, 3.8) is 0 Å². The number of hydrogen-bond acceptors (Lipinski definition) is 7. The monoisotopic (exact) mass is 447 g/mol. The molecule has 10 heteroatoms. The van der Waals surface area contributed by atoms with Gasteiger partial charge in [-0.15, -0.1) is 0 Å². The molecule has 0 aliphatic carbocycles. The quantitative estimate of drug-likeness (QED) is 0.453. The van der Waals surface area contributed by atoms with E-state index < -0.39 is 9.84 Å². The molecule has 0 radical (unpaired) electrons. The number of H-pyrrole nitrogens is 1. The largest absolute Gasteiger partial charge is 0.354 e. The Morgan fingerprint density at radius 3 is 2.75 bits per heavy atom. The fourth-order valence-corrected chi connectivity index (χ4v) is 5.56. The number of nitrogens with zero attached hydrogens (tertiary/aromatic N) is 6. The molecule has 0 atom stereocenters. The molecule has 9 nitrogen and oxygen atoms in total. The van der Waals surface area contributed by atoms with Gasteiger partial charge in [0, 0.05) is 35.8 Å². The highest BCUT2D eigenvalue weighted by molar-refractivity contribution is 7.91. The number of aromatic amines is 1. The Morgan fingerprint density at radius 1 is 1.12 bits per heavy atom. The standard InChI is InChI=1S/C22H21N7O2S/c1-2-17-19-21(28-7-9-32(30,31)10-8-28)25-20-16(13-24-29(20)22(19)27-26-17)15-11-14-5-3-4-6-18(14)23-12-15/h3-6,11-13H,2,7-10H2,1H3,(H,26,27). The van der Waals surface area contributed by atoms with Crippen molar-refractivity contribution in [1.29, 1.82) is 0 Å². The molecule has 5 aromatic rings. The lowest BCUT2D eigenvalue weighted by Gasteiger charge is -2.28. The summed E-state index contributed by atoms with van der Waals surface area (Å²) in [4.78, 5) is 11.7. The smallest absolute Gasteiger partial charge is 0.167 e. The van der Waals surface area contributed by atoms with Crippen LogP contribution >= 0.6 is 0 Å². The first-order valence-corrected chi connectivity index (χ1v) is 12.4. The zero-order valence-corrected chi connectivity index (χ0v) is 18.3. The van der Waals surface area contributed by atoms with Crippen LogP contribution in [0.4, 0.5) is 5.82 Å². The van der Waals surface area contributed by atoms with Crippen LogP contribution < -0.4 is 4.90 Å². The van der Waals surface area contributed by atoms with Gasteiger partial charge < -0.3 is 4.90 Å². The molecule has 5 heterocycles. The first kappa shape index (κ1) is 19.2. The second-order valence-corrected chi connectivity index (χ2v) is 10.3. The van der Waals surface area contributed by atoms with Crippen molar-refractivity contribution in [3.8, 4) is 11.1 Å². The zero-order valence-electron chi connectivity index (χ0n) is 17.5. The number of aryl methyl sites for hydroxylation is 1. The molecule has 1 aliphatic heterocycles. The summed E-state index contributed by atoms with van der Waals surface area (Å²) in [6.45, 7) is 2.87. The molecular formula is C22H21N7O2S. The van der Waals surface area contributed by atoms with E-state index in [4.69, 9.17) is 4.98 Å². The minimum atomic E-state index is -3.00. The highest BCUT2D eigenvalue weighted by Crippen LogP contribution is 2.33. The molecule has 1 aliphatic rings. The van der Waals surface area contributed by atoms with Gasteiger partial charge >= 0.3 is 0 Å². The molecule has 1 saturated heterocycles. The maximum atomic E-state index is 12.0. The van der Waals surface area contributed by atoms with E-state index in [1.54, 1.807) is 10.7 Å². The molecule has 4 aromatic heterocycles. The van der Waals surface area contributed by atoms with Crippen LogP contribution in [0.1, 0.15) is 12.6 Å². The Kier molecular flexibility index (Phi) is 4.19. The molecular weight excluding hydrogens is 426 g/mol. The van der Waals surface area contributed by atoms with Crippen molar-refractivity contribution >= 4 is 43.2 Å². The number of fused-ring (bicyclic) bond motifs is 4. The number of anilines is 1. The van der Waals surface area contributed by atoms with E-state index in [-0.39, 0.29) is 11.5 Å². The lowest BCUT2D eigenvalue weighted by atomic mass is 10.1. The molecule has 0 amide bonds. The van der Waals surface area contributed by atoms with Crippen molar-refractivity contribution in [3.05, 3.63) is 48.4 Å². The summed E-state index contributed by atoms with van der Waals surface area (Å²) in [5.74, 6) is 1.01. The average molecular weight is 448 g/mol. The van der Waals surface area contributed by atoms with Crippen molar-refractivity contribution in [2.75, 3.05) is 29.5 Å². The van der Waals surface area contributed by atoms with E-state index >= 15 is 0 Å². The van der Waals surface area contributed by atoms with Crippen LogP contribution in [0.3, 0.4) is 0 Å². The van der Waals surface area contributed by atoms with E-state index in [9.17, 15) is 8.42 Å². The molecule has 162 valence electrons. The minimum Gasteiger partial charge on any atom is -0.354 e. The number of sulfone groups is 1. The summed E-state index contributed by atoms with van der Waals surface area (Å²) in [5.41, 5.74) is 5.05. The summed E-state index contributed by atoms with van der Waals surface area (Å²) < 4.78 is 25.8. The van der Waals surface area contributed by atoms with Gasteiger partial charge in [0.05, 0.1) is 34.3 Å². The lowest BCUT2D eigenvalue weighted by molar-refractivity contribution is 0.586. The van der Waals surface area contributed by atoms with Crippen LogP contribution in [0.15, 0.2) is 42.7 Å². The van der Waals surface area contributed by atoms with Gasteiger partial charge in [-0.25, -0.2) is 13.4 Å². The van der Waals surface area contributed by atoms with Gasteiger partial charge in [-0.3, -0.25) is 10.1 Å². The van der Waals surface area contributed by atoms with Gasteiger partial charge in [0.15, 0.2) is 21.1 Å². The second kappa shape index (κ2) is 6.99. The number of rotatable bonds is 3. The second-order valence-electron chi connectivity index (χ2n) is 8.03. The Bertz CT molecular complexity index is 1590. The summed E-state index contributed by atoms with van der Waals surface area (Å²) in [7, 11) is -3.00. The fraction of sp³-hybridized carbons (Fsp3) is 0.273. The number of aromatic nitrogens is 6. The number of benzene rings is 1. The van der Waals surface area contributed by atoms with E-state index in [0.29, 0.717) is 18.7 Å². The van der Waals surface area contributed by atoms with E-state index in [1.165, 1.54) is 0 Å². The van der Waals surface area contributed by atoms with E-state index in [0.717, 1.165) is 51.0 Å². The van der Waals surface area contributed by atoms with E-state index in [1.807, 2.05) is 42.3 Å². The van der Waals surface area contributed by atoms with Gasteiger partial charge in [0.1, 0.15) is 5.82 Å². The third-order valence-corrected chi connectivity index (χ3v) is 7.70. The predicted octanol–water partition coefficient (Wildman–Crippen LogP) is 2.62. The molecule has 0 unspecified atom stereocenters. The van der Waals surface area contributed by atoms with Crippen LogP contribution in [0, 0.1) is 0 Å². The van der Waals surface area contributed by atoms with Crippen LogP contribution in [0.5, 0.6) is 0 Å². The molecule has 1 N–H and O–H groups in total. The Labute approximate surface area is 184 Å². The number of nitrogens with one attached hydrogen (secondary N) is 1. The molecule has 6 rings (SSSR count). The molecule has 0 bridgehead atoms. The fourth-order valence-electron chi connectivity index (χ4n) is 4.36. The normalized spacial score (nSPS) is 16.3. The van der Waals surface area contributed by atoms with Gasteiger partial charge in [0.2, 0.25) is 0 Å². The summed E-state index contributed by atoms with van der Waals surface area (Å²) in [5, 5.41) is 14.1. The predicted molar refractivity (Wildman–Crippen MR) is 124 cm³/mol. The van der Waals surface area contributed by atoms with Gasteiger partial charge in [-0.05, 0) is 18.6 Å². The number of pyridine rings is 1. The Balaban J connectivity index is 1.58. The first-order valence-electron chi connectivity index (χ1n) is 10.6. The zero-order chi connectivity index (χ0) is 21.9. The number of hydrogen-bond donors (Lipinski definition) is 1. The highest BCUT2D eigenvalue weighted by Gasteiger charge is 2.27. The maximum absolute atomic E-state index is 12.0. The SMILES string of the molecule is CCc1n[nH]c2c1c(N1CCS(=O)(=O)CC1)nc1c(-c3cnc4ccccc4c3)cnn12.